The molecule has 3 rings (SSSR count). The van der Waals surface area contributed by atoms with Crippen LogP contribution in [0, 0.1) is 25.2 Å². The number of benzene rings is 3. The number of hydrogen-bond donors (Lipinski definition) is 0. The first-order valence-corrected chi connectivity index (χ1v) is 7.94. The summed E-state index contributed by atoms with van der Waals surface area (Å²) in [4.78, 5) is 0. The van der Waals surface area contributed by atoms with Crippen LogP contribution >= 0.6 is 0 Å². The summed E-state index contributed by atoms with van der Waals surface area (Å²) >= 11 is 0. The number of ether oxygens (including phenoxy) is 2. The average Bonchev–Trinajstić information content (AvgIpc) is 2.61. The van der Waals surface area contributed by atoms with Crippen molar-refractivity contribution in [2.75, 3.05) is 13.2 Å². The van der Waals surface area contributed by atoms with Crippen molar-refractivity contribution >= 4 is 10.8 Å². The molecule has 24 heavy (non-hydrogen) atoms. The zero-order chi connectivity index (χ0) is 16.9. The number of hydrogen-bond acceptors (Lipinski definition) is 3. The Morgan fingerprint density at radius 1 is 0.833 bits per heavy atom. The molecule has 0 fully saturated rings. The number of fused-ring (bicyclic) bond motifs is 1. The molecule has 0 radical (unpaired) electrons. The minimum absolute atomic E-state index is 0.389. The van der Waals surface area contributed by atoms with E-state index in [1.165, 1.54) is 5.56 Å². The fourth-order valence-electron chi connectivity index (χ4n) is 2.67. The molecule has 3 aromatic rings. The van der Waals surface area contributed by atoms with Gasteiger partial charge in [0.1, 0.15) is 36.3 Å². The molecule has 0 saturated heterocycles. The summed E-state index contributed by atoms with van der Waals surface area (Å²) in [5.74, 6) is 1.47. The molecule has 3 nitrogen and oxygen atoms in total. The van der Waals surface area contributed by atoms with E-state index in [9.17, 15) is 5.26 Å². The number of nitrogens with zero attached hydrogens (tertiary/aromatic N) is 1. The molecule has 0 amide bonds. The molecular weight excluding hydrogens is 298 g/mol. The second kappa shape index (κ2) is 7.06. The monoisotopic (exact) mass is 317 g/mol. The molecule has 0 aromatic heterocycles. The van der Waals surface area contributed by atoms with Crippen LogP contribution in [0.3, 0.4) is 0 Å². The molecule has 0 spiro atoms. The van der Waals surface area contributed by atoms with E-state index in [0.717, 1.165) is 22.1 Å². The maximum atomic E-state index is 9.46. The first-order valence-electron chi connectivity index (χ1n) is 7.94. The molecule has 0 aliphatic heterocycles. The van der Waals surface area contributed by atoms with Crippen LogP contribution in [-0.4, -0.2) is 13.2 Å². The van der Waals surface area contributed by atoms with E-state index in [4.69, 9.17) is 9.47 Å². The minimum atomic E-state index is 0.389. The van der Waals surface area contributed by atoms with Crippen LogP contribution in [0.2, 0.25) is 0 Å². The SMILES string of the molecule is Cc1cccc(OCCOc2ccc3ccccc3c2C#N)c1C. The van der Waals surface area contributed by atoms with E-state index in [0.29, 0.717) is 24.5 Å². The highest BCUT2D eigenvalue weighted by Gasteiger charge is 2.08. The van der Waals surface area contributed by atoms with E-state index in [2.05, 4.69) is 19.1 Å². The van der Waals surface area contributed by atoms with Gasteiger partial charge in [-0.05, 0) is 42.5 Å². The topological polar surface area (TPSA) is 42.2 Å². The minimum Gasteiger partial charge on any atom is -0.490 e. The fraction of sp³-hybridized carbons (Fsp3) is 0.190. The highest BCUT2D eigenvalue weighted by molar-refractivity contribution is 5.90. The van der Waals surface area contributed by atoms with Gasteiger partial charge in [-0.25, -0.2) is 0 Å². The Kier molecular flexibility index (Phi) is 4.67. The summed E-state index contributed by atoms with van der Waals surface area (Å²) in [5.41, 5.74) is 2.91. The summed E-state index contributed by atoms with van der Waals surface area (Å²) in [6.45, 7) is 4.93. The van der Waals surface area contributed by atoms with Crippen molar-refractivity contribution in [3.63, 3.8) is 0 Å². The van der Waals surface area contributed by atoms with E-state index in [1.54, 1.807) is 0 Å². The Morgan fingerprint density at radius 2 is 1.58 bits per heavy atom. The molecule has 0 aliphatic rings. The predicted molar refractivity (Wildman–Crippen MR) is 95.6 cm³/mol. The summed E-state index contributed by atoms with van der Waals surface area (Å²) in [6, 6.07) is 19.9. The third-order valence-electron chi connectivity index (χ3n) is 4.16. The Hall–Kier alpha value is -2.99. The standard InChI is InChI=1S/C21H19NO2/c1-15-6-5-9-20(16(15)2)23-12-13-24-21-11-10-17-7-3-4-8-18(17)19(21)14-22/h3-11H,12-13H2,1-2H3. The Labute approximate surface area is 142 Å². The third kappa shape index (κ3) is 3.18. The lowest BCUT2D eigenvalue weighted by atomic mass is 10.0. The predicted octanol–water partition coefficient (Wildman–Crippen LogP) is 4.79. The molecule has 0 saturated carbocycles. The summed E-state index contributed by atoms with van der Waals surface area (Å²) in [5, 5.41) is 11.4. The molecule has 0 atom stereocenters. The van der Waals surface area contributed by atoms with Gasteiger partial charge in [-0.3, -0.25) is 0 Å². The second-order valence-corrected chi connectivity index (χ2v) is 5.67. The lowest BCUT2D eigenvalue weighted by molar-refractivity contribution is 0.216. The molecule has 0 bridgehead atoms. The zero-order valence-electron chi connectivity index (χ0n) is 13.9. The van der Waals surface area contributed by atoms with Crippen LogP contribution in [0.15, 0.2) is 54.6 Å². The van der Waals surface area contributed by atoms with Gasteiger partial charge in [0.25, 0.3) is 0 Å². The van der Waals surface area contributed by atoms with Crippen molar-refractivity contribution in [3.05, 3.63) is 71.3 Å². The van der Waals surface area contributed by atoms with Crippen molar-refractivity contribution in [1.82, 2.24) is 0 Å². The summed E-state index contributed by atoms with van der Waals surface area (Å²) in [6.07, 6.45) is 0. The molecule has 3 heteroatoms. The van der Waals surface area contributed by atoms with Crippen LogP contribution in [0.5, 0.6) is 11.5 Å². The van der Waals surface area contributed by atoms with Crippen molar-refractivity contribution < 1.29 is 9.47 Å². The molecule has 3 aromatic carbocycles. The molecule has 0 aliphatic carbocycles. The quantitative estimate of drug-likeness (QED) is 0.636. The molecule has 0 N–H and O–H groups in total. The highest BCUT2D eigenvalue weighted by atomic mass is 16.5. The van der Waals surface area contributed by atoms with Gasteiger partial charge in [0.15, 0.2) is 0 Å². The van der Waals surface area contributed by atoms with Gasteiger partial charge >= 0.3 is 0 Å². The Balaban J connectivity index is 1.68. The highest BCUT2D eigenvalue weighted by Crippen LogP contribution is 2.27. The van der Waals surface area contributed by atoms with Gasteiger partial charge in [0.05, 0.1) is 0 Å². The van der Waals surface area contributed by atoms with Crippen LogP contribution in [0.4, 0.5) is 0 Å². The van der Waals surface area contributed by atoms with Gasteiger partial charge in [-0.1, -0.05) is 42.5 Å². The first kappa shape index (κ1) is 15.9. The van der Waals surface area contributed by atoms with Crippen molar-refractivity contribution in [2.45, 2.75) is 13.8 Å². The van der Waals surface area contributed by atoms with Gasteiger partial charge in [0, 0.05) is 5.39 Å². The molecule has 0 unspecified atom stereocenters. The van der Waals surface area contributed by atoms with Gasteiger partial charge in [-0.2, -0.15) is 5.26 Å². The number of rotatable bonds is 5. The van der Waals surface area contributed by atoms with Gasteiger partial charge < -0.3 is 9.47 Å². The normalized spacial score (nSPS) is 10.4. The van der Waals surface area contributed by atoms with E-state index in [1.807, 2.05) is 55.5 Å². The Morgan fingerprint density at radius 3 is 2.38 bits per heavy atom. The van der Waals surface area contributed by atoms with Gasteiger partial charge in [-0.15, -0.1) is 0 Å². The molecule has 120 valence electrons. The van der Waals surface area contributed by atoms with Crippen molar-refractivity contribution in [2.24, 2.45) is 0 Å². The number of aryl methyl sites for hydroxylation is 1. The van der Waals surface area contributed by atoms with Crippen LogP contribution in [-0.2, 0) is 0 Å². The average molecular weight is 317 g/mol. The van der Waals surface area contributed by atoms with Crippen LogP contribution < -0.4 is 9.47 Å². The molecular formula is C21H19NO2. The van der Waals surface area contributed by atoms with E-state index < -0.39 is 0 Å². The lowest BCUT2D eigenvalue weighted by Crippen LogP contribution is -2.10. The maximum Gasteiger partial charge on any atom is 0.137 e. The smallest absolute Gasteiger partial charge is 0.137 e. The summed E-state index contributed by atoms with van der Waals surface area (Å²) in [7, 11) is 0. The van der Waals surface area contributed by atoms with Crippen LogP contribution in [0.1, 0.15) is 16.7 Å². The summed E-state index contributed by atoms with van der Waals surface area (Å²) < 4.78 is 11.6. The van der Waals surface area contributed by atoms with Crippen molar-refractivity contribution in [3.8, 4) is 17.6 Å². The van der Waals surface area contributed by atoms with E-state index >= 15 is 0 Å². The lowest BCUT2D eigenvalue weighted by Gasteiger charge is -2.13. The van der Waals surface area contributed by atoms with Gasteiger partial charge in [0.2, 0.25) is 0 Å². The second-order valence-electron chi connectivity index (χ2n) is 5.67. The van der Waals surface area contributed by atoms with Crippen LogP contribution in [0.25, 0.3) is 10.8 Å². The largest absolute Gasteiger partial charge is 0.490 e. The number of nitriles is 1. The zero-order valence-corrected chi connectivity index (χ0v) is 13.9. The molecule has 0 heterocycles. The van der Waals surface area contributed by atoms with Crippen molar-refractivity contribution in [1.29, 1.82) is 5.26 Å². The van der Waals surface area contributed by atoms with E-state index in [-0.39, 0.29) is 0 Å². The maximum absolute atomic E-state index is 9.46. The third-order valence-corrected chi connectivity index (χ3v) is 4.16. The Bertz CT molecular complexity index is 909. The fourth-order valence-corrected chi connectivity index (χ4v) is 2.67. The first-order chi connectivity index (χ1) is 11.7.